The molecule has 1 aromatic carbocycles. The normalized spacial score (nSPS) is 19.8. The Bertz CT molecular complexity index is 1250. The van der Waals surface area contributed by atoms with Crippen LogP contribution in [-0.4, -0.2) is 19.6 Å². The summed E-state index contributed by atoms with van der Waals surface area (Å²) >= 11 is 0. The molecule has 4 rings (SSSR count). The molecule has 0 fully saturated rings. The van der Waals surface area contributed by atoms with Gasteiger partial charge in [-0.3, -0.25) is 0 Å². The summed E-state index contributed by atoms with van der Waals surface area (Å²) in [5.74, 6) is -0.417. The van der Waals surface area contributed by atoms with E-state index in [1.165, 1.54) is 0 Å². The number of carbonyl (C=O) groups is 1. The van der Waals surface area contributed by atoms with Gasteiger partial charge in [0.2, 0.25) is 5.09 Å². The van der Waals surface area contributed by atoms with Crippen molar-refractivity contribution in [3.63, 3.8) is 0 Å². The fourth-order valence-electron chi connectivity index (χ4n) is 4.22. The summed E-state index contributed by atoms with van der Waals surface area (Å²) in [6, 6.07) is 1.76. The van der Waals surface area contributed by atoms with Crippen molar-refractivity contribution in [2.75, 3.05) is 5.32 Å². The summed E-state index contributed by atoms with van der Waals surface area (Å²) < 4.78 is 78.0. The molecule has 156 valence electrons. The number of amides is 2. The number of furan rings is 1. The number of nitrogens with one attached hydrogen (secondary N) is 2. The molecule has 1 heterocycles. The van der Waals surface area contributed by atoms with Crippen LogP contribution >= 0.6 is 0 Å². The van der Waals surface area contributed by atoms with Gasteiger partial charge in [0.25, 0.3) is 10.0 Å². The third-order valence-electron chi connectivity index (χ3n) is 5.49. The van der Waals surface area contributed by atoms with Crippen molar-refractivity contribution in [2.45, 2.75) is 69.8 Å². The minimum absolute atomic E-state index is 0.417. The minimum Gasteiger partial charge on any atom is -0.448 e. The molecule has 0 aliphatic heterocycles. The Kier molecular flexibility index (Phi) is 3.28. The maximum absolute atomic E-state index is 12.9. The first-order valence-electron chi connectivity index (χ1n) is 12.4. The van der Waals surface area contributed by atoms with E-state index in [4.69, 9.17) is 12.6 Å². The lowest BCUT2D eigenvalue weighted by Crippen LogP contribution is -2.34. The van der Waals surface area contributed by atoms with E-state index in [0.717, 1.165) is 67.7 Å². The molecule has 2 amide bonds. The third-order valence-corrected chi connectivity index (χ3v) is 6.67. The molecule has 2 aromatic rings. The van der Waals surface area contributed by atoms with E-state index < -0.39 is 51.8 Å². The van der Waals surface area contributed by atoms with E-state index in [1.807, 2.05) is 4.72 Å². The number of hydrogen-bond donors (Lipinski definition) is 3. The summed E-state index contributed by atoms with van der Waals surface area (Å²) in [7, 11) is -4.67. The summed E-state index contributed by atoms with van der Waals surface area (Å²) in [4.78, 5) is 12.7. The number of urea groups is 1. The highest BCUT2D eigenvalue weighted by Gasteiger charge is 2.30. The van der Waals surface area contributed by atoms with Crippen LogP contribution in [0.3, 0.4) is 0 Å². The number of carbonyl (C=O) groups excluding carboxylic acids is 1. The van der Waals surface area contributed by atoms with Crippen LogP contribution in [0.4, 0.5) is 10.5 Å². The molecule has 0 atom stereocenters. The first-order valence-corrected chi connectivity index (χ1v) is 10.9. The summed E-state index contributed by atoms with van der Waals surface area (Å²) in [6.45, 7) is -5.72. The molecule has 3 N–H and O–H groups in total. The van der Waals surface area contributed by atoms with E-state index in [2.05, 4.69) is 11.4 Å². The number of aliphatic hydroxyl groups is 1. The Labute approximate surface area is 179 Å². The third kappa shape index (κ3) is 3.67. The van der Waals surface area contributed by atoms with Crippen LogP contribution in [0.25, 0.3) is 0 Å². The van der Waals surface area contributed by atoms with Crippen molar-refractivity contribution in [2.24, 2.45) is 0 Å². The van der Waals surface area contributed by atoms with Crippen LogP contribution < -0.4 is 10.0 Å². The van der Waals surface area contributed by atoms with E-state index in [-0.39, 0.29) is 0 Å². The van der Waals surface area contributed by atoms with Crippen molar-refractivity contribution in [1.82, 2.24) is 4.72 Å². The Hall–Kier alpha value is -2.32. The second kappa shape index (κ2) is 6.88. The highest BCUT2D eigenvalue weighted by molar-refractivity contribution is 7.89. The van der Waals surface area contributed by atoms with Crippen LogP contribution in [0.2, 0.25) is 0 Å². The monoisotopic (exact) mass is 424 g/mol. The second-order valence-corrected chi connectivity index (χ2v) is 9.15. The van der Waals surface area contributed by atoms with Crippen molar-refractivity contribution < 1.29 is 31.0 Å². The molecule has 0 unspecified atom stereocenters. The van der Waals surface area contributed by atoms with Gasteiger partial charge < -0.3 is 14.8 Å². The van der Waals surface area contributed by atoms with Crippen LogP contribution in [0.15, 0.2) is 21.6 Å². The number of hydrogen-bond acceptors (Lipinski definition) is 5. The second-order valence-electron chi connectivity index (χ2n) is 7.54. The molecule has 2 aliphatic carbocycles. The molecule has 0 bridgehead atoms. The molecule has 7 nitrogen and oxygen atoms in total. The maximum Gasteiger partial charge on any atom is 0.333 e. The summed E-state index contributed by atoms with van der Waals surface area (Å²) in [5.41, 5.74) is 0.791. The number of anilines is 1. The zero-order valence-electron chi connectivity index (χ0n) is 21.9. The maximum atomic E-state index is 12.9. The summed E-state index contributed by atoms with van der Waals surface area (Å²) in [5, 5.41) is 12.5. The minimum atomic E-state index is -4.67. The molecule has 29 heavy (non-hydrogen) atoms. The van der Waals surface area contributed by atoms with Gasteiger partial charge in [0.05, 0.1) is 5.60 Å². The fraction of sp³-hybridized carbons (Fsp3) is 0.476. The van der Waals surface area contributed by atoms with E-state index >= 15 is 0 Å². The highest BCUT2D eigenvalue weighted by Crippen LogP contribution is 2.38. The van der Waals surface area contributed by atoms with Gasteiger partial charge in [-0.2, -0.15) is 8.42 Å². The Morgan fingerprint density at radius 2 is 1.76 bits per heavy atom. The molecule has 0 saturated heterocycles. The van der Waals surface area contributed by atoms with E-state index in [1.54, 1.807) is 0 Å². The largest absolute Gasteiger partial charge is 0.448 e. The fourth-order valence-corrected chi connectivity index (χ4v) is 5.13. The van der Waals surface area contributed by atoms with Crippen molar-refractivity contribution >= 4 is 21.7 Å². The Morgan fingerprint density at radius 3 is 2.34 bits per heavy atom. The first kappa shape index (κ1) is 13.8. The van der Waals surface area contributed by atoms with Crippen LogP contribution in [-0.2, 0) is 41.3 Å². The lowest BCUT2D eigenvalue weighted by Gasteiger charge is -2.16. The number of benzene rings is 1. The topological polar surface area (TPSA) is 109 Å². The standard InChI is InChI=1S/C21H26N2O5S/c1-12-17(21(2,3)25)11-18(28-12)29(26,27)23-20(24)22-19-15-8-4-6-13(15)10-14-7-5-9-16(14)19/h10-11,25H,4-9H2,1-3H3,(H2,22,23,24)/i2D3,3D3. The van der Waals surface area contributed by atoms with Gasteiger partial charge >= 0.3 is 6.03 Å². The lowest BCUT2D eigenvalue weighted by molar-refractivity contribution is 0.0769. The molecule has 2 aliphatic rings. The molecular weight excluding hydrogens is 392 g/mol. The quantitative estimate of drug-likeness (QED) is 0.698. The average Bonchev–Trinajstić information content (AvgIpc) is 3.44. The molecule has 0 saturated carbocycles. The summed E-state index contributed by atoms with van der Waals surface area (Å²) in [6.07, 6.45) is 5.21. The van der Waals surface area contributed by atoms with Crippen LogP contribution in [0.1, 0.15) is 68.3 Å². The smallest absolute Gasteiger partial charge is 0.333 e. The van der Waals surface area contributed by atoms with Crippen LogP contribution in [0.5, 0.6) is 0 Å². The SMILES string of the molecule is [2H]C([2H])([2H])C(O)(c1cc(S(=O)(=O)NC(=O)Nc2c3c(cc4c2CCC4)CCC3)oc1C)C([2H])([2H])[2H]. The molecule has 8 heteroatoms. The van der Waals surface area contributed by atoms with Gasteiger partial charge in [0.1, 0.15) is 5.76 Å². The molecule has 0 radical (unpaired) electrons. The van der Waals surface area contributed by atoms with Gasteiger partial charge in [0.15, 0.2) is 0 Å². The Morgan fingerprint density at radius 1 is 1.14 bits per heavy atom. The van der Waals surface area contributed by atoms with Crippen molar-refractivity contribution in [3.05, 3.63) is 45.7 Å². The lowest BCUT2D eigenvalue weighted by atomic mass is 9.99. The zero-order valence-corrected chi connectivity index (χ0v) is 16.7. The zero-order chi connectivity index (χ0) is 26.0. The number of sulfonamides is 1. The Balaban J connectivity index is 1.63. The van der Waals surface area contributed by atoms with Gasteiger partial charge in [-0.05, 0) is 81.4 Å². The molecule has 1 aromatic heterocycles. The van der Waals surface area contributed by atoms with E-state index in [0.29, 0.717) is 11.8 Å². The number of rotatable bonds is 4. The van der Waals surface area contributed by atoms with Gasteiger partial charge in [-0.25, -0.2) is 9.52 Å². The van der Waals surface area contributed by atoms with Crippen molar-refractivity contribution in [3.8, 4) is 0 Å². The first-order chi connectivity index (χ1) is 16.1. The predicted molar refractivity (Wildman–Crippen MR) is 109 cm³/mol. The van der Waals surface area contributed by atoms with E-state index in [9.17, 15) is 18.3 Å². The highest BCUT2D eigenvalue weighted by atomic mass is 32.2. The van der Waals surface area contributed by atoms with Gasteiger partial charge in [-0.1, -0.05) is 6.07 Å². The van der Waals surface area contributed by atoms with Crippen LogP contribution in [0, 0.1) is 6.92 Å². The molecular formula is C21H26N2O5S. The van der Waals surface area contributed by atoms with Gasteiger partial charge in [-0.15, -0.1) is 0 Å². The molecule has 0 spiro atoms. The van der Waals surface area contributed by atoms with Crippen molar-refractivity contribution in [1.29, 1.82) is 0 Å². The number of fused-ring (bicyclic) bond motifs is 2. The van der Waals surface area contributed by atoms with Gasteiger partial charge in [0, 0.05) is 25.5 Å². The number of aryl methyl sites for hydroxylation is 3. The average molecular weight is 425 g/mol. The predicted octanol–water partition coefficient (Wildman–Crippen LogP) is 3.30.